The van der Waals surface area contributed by atoms with Gasteiger partial charge in [0.25, 0.3) is 0 Å². The summed E-state index contributed by atoms with van der Waals surface area (Å²) in [6.45, 7) is 10.5. The first-order valence-electron chi connectivity index (χ1n) is 9.84. The molecule has 1 heterocycles. The Labute approximate surface area is 167 Å². The van der Waals surface area contributed by atoms with Crippen LogP contribution in [0.5, 0.6) is 0 Å². The summed E-state index contributed by atoms with van der Waals surface area (Å²) < 4.78 is 10.2. The molecular formula is C22H31NO5. The molecule has 0 bridgehead atoms. The third-order valence-corrected chi connectivity index (χ3v) is 5.05. The average Bonchev–Trinajstić information content (AvgIpc) is 2.62. The highest BCUT2D eigenvalue weighted by Crippen LogP contribution is 2.47. The van der Waals surface area contributed by atoms with E-state index in [9.17, 15) is 14.4 Å². The number of esters is 1. The molecule has 1 unspecified atom stereocenters. The van der Waals surface area contributed by atoms with Crippen LogP contribution in [0.1, 0.15) is 63.4 Å². The lowest BCUT2D eigenvalue weighted by atomic mass is 9.61. The number of fused-ring (bicyclic) bond motifs is 2. The first kappa shape index (κ1) is 21.9. The third kappa shape index (κ3) is 4.37. The average molecular weight is 389 g/mol. The molecule has 1 fully saturated rings. The molecule has 154 valence electrons. The fourth-order valence-corrected chi connectivity index (χ4v) is 3.94. The number of amides is 1. The van der Waals surface area contributed by atoms with Crippen molar-refractivity contribution in [3.63, 3.8) is 0 Å². The van der Waals surface area contributed by atoms with Gasteiger partial charge in [0, 0.05) is 30.0 Å². The maximum Gasteiger partial charge on any atom is 0.410 e. The summed E-state index contributed by atoms with van der Waals surface area (Å²) in [5.74, 6) is -0.827. The van der Waals surface area contributed by atoms with Gasteiger partial charge in [0.1, 0.15) is 5.60 Å². The van der Waals surface area contributed by atoms with Gasteiger partial charge < -0.3 is 14.4 Å². The molecule has 28 heavy (non-hydrogen) atoms. The molecule has 1 amide bonds. The standard InChI is InChI=1S/C20H25NO5.C2H6/c1-19(2,3)26-18(24)21-11-20(12-21)10-13(9-16(22)25-4)17(23)14-7-5-6-8-15(14)20;1-2/h5-8,13H,9-12H2,1-4H3;1-2H3. The Hall–Kier alpha value is -2.37. The van der Waals surface area contributed by atoms with Crippen LogP contribution in [0.15, 0.2) is 24.3 Å². The van der Waals surface area contributed by atoms with Crippen LogP contribution in [-0.4, -0.2) is 48.5 Å². The summed E-state index contributed by atoms with van der Waals surface area (Å²) in [5.41, 5.74) is 0.760. The second kappa shape index (κ2) is 8.33. The maximum absolute atomic E-state index is 12.8. The molecular weight excluding hydrogens is 358 g/mol. The first-order chi connectivity index (χ1) is 13.1. The monoisotopic (exact) mass is 389 g/mol. The molecule has 1 saturated heterocycles. The van der Waals surface area contributed by atoms with Gasteiger partial charge in [-0.2, -0.15) is 0 Å². The van der Waals surface area contributed by atoms with Gasteiger partial charge in [-0.05, 0) is 32.8 Å². The summed E-state index contributed by atoms with van der Waals surface area (Å²) in [6.07, 6.45) is 0.261. The minimum Gasteiger partial charge on any atom is -0.469 e. The summed E-state index contributed by atoms with van der Waals surface area (Å²) in [7, 11) is 1.33. The number of likely N-dealkylation sites (tertiary alicyclic amines) is 1. The highest BCUT2D eigenvalue weighted by Gasteiger charge is 2.53. The molecule has 1 spiro atoms. The van der Waals surface area contributed by atoms with Gasteiger partial charge in [-0.3, -0.25) is 9.59 Å². The fourth-order valence-electron chi connectivity index (χ4n) is 3.94. The van der Waals surface area contributed by atoms with E-state index in [1.807, 2.05) is 52.8 Å². The van der Waals surface area contributed by atoms with E-state index in [-0.39, 0.29) is 29.7 Å². The lowest BCUT2D eigenvalue weighted by molar-refractivity contribution is -0.141. The maximum atomic E-state index is 12.8. The van der Waals surface area contributed by atoms with Crippen LogP contribution in [0.25, 0.3) is 0 Å². The van der Waals surface area contributed by atoms with Gasteiger partial charge >= 0.3 is 12.1 Å². The van der Waals surface area contributed by atoms with Crippen molar-refractivity contribution in [1.82, 2.24) is 4.90 Å². The fraction of sp³-hybridized carbons (Fsp3) is 0.591. The zero-order chi connectivity index (χ0) is 21.1. The number of carbonyl (C=O) groups is 3. The van der Waals surface area contributed by atoms with Crippen LogP contribution in [-0.2, 0) is 19.7 Å². The number of rotatable bonds is 2. The predicted octanol–water partition coefficient (Wildman–Crippen LogP) is 3.97. The number of benzene rings is 1. The molecule has 1 aliphatic heterocycles. The Kier molecular flexibility index (Phi) is 6.52. The van der Waals surface area contributed by atoms with Crippen LogP contribution < -0.4 is 0 Å². The molecule has 0 aromatic heterocycles. The Morgan fingerprint density at radius 3 is 2.36 bits per heavy atom. The van der Waals surface area contributed by atoms with Crippen molar-refractivity contribution >= 4 is 17.8 Å². The molecule has 0 radical (unpaired) electrons. The van der Waals surface area contributed by atoms with Crippen molar-refractivity contribution in [3.8, 4) is 0 Å². The van der Waals surface area contributed by atoms with E-state index in [1.165, 1.54) is 7.11 Å². The van der Waals surface area contributed by atoms with Crippen LogP contribution in [0.4, 0.5) is 4.79 Å². The molecule has 1 aromatic rings. The van der Waals surface area contributed by atoms with Gasteiger partial charge in [0.15, 0.2) is 5.78 Å². The molecule has 6 heteroatoms. The van der Waals surface area contributed by atoms with E-state index in [2.05, 4.69) is 0 Å². The van der Waals surface area contributed by atoms with E-state index in [0.717, 1.165) is 5.56 Å². The summed E-state index contributed by atoms with van der Waals surface area (Å²) in [6, 6.07) is 7.49. The lowest BCUT2D eigenvalue weighted by Gasteiger charge is -2.53. The van der Waals surface area contributed by atoms with E-state index in [1.54, 1.807) is 11.0 Å². The van der Waals surface area contributed by atoms with Gasteiger partial charge in [0.2, 0.25) is 0 Å². The summed E-state index contributed by atoms with van der Waals surface area (Å²) in [5, 5.41) is 0. The van der Waals surface area contributed by atoms with Gasteiger partial charge in [-0.1, -0.05) is 38.1 Å². The van der Waals surface area contributed by atoms with Crippen molar-refractivity contribution in [2.75, 3.05) is 20.2 Å². The van der Waals surface area contributed by atoms with E-state index >= 15 is 0 Å². The van der Waals surface area contributed by atoms with Gasteiger partial charge in [0.05, 0.1) is 13.5 Å². The van der Waals surface area contributed by atoms with E-state index in [4.69, 9.17) is 9.47 Å². The third-order valence-electron chi connectivity index (χ3n) is 5.05. The van der Waals surface area contributed by atoms with Crippen molar-refractivity contribution in [2.24, 2.45) is 5.92 Å². The smallest absolute Gasteiger partial charge is 0.410 e. The van der Waals surface area contributed by atoms with Gasteiger partial charge in [-0.25, -0.2) is 4.79 Å². The number of carbonyl (C=O) groups excluding carboxylic acids is 3. The highest BCUT2D eigenvalue weighted by molar-refractivity contribution is 6.02. The largest absolute Gasteiger partial charge is 0.469 e. The number of nitrogens with zero attached hydrogens (tertiary/aromatic N) is 1. The zero-order valence-corrected chi connectivity index (χ0v) is 17.7. The Morgan fingerprint density at radius 2 is 1.79 bits per heavy atom. The summed E-state index contributed by atoms with van der Waals surface area (Å²) >= 11 is 0. The Morgan fingerprint density at radius 1 is 1.18 bits per heavy atom. The van der Waals surface area contributed by atoms with Crippen LogP contribution in [0.3, 0.4) is 0 Å². The number of Topliss-reactive ketones (excluding diaryl/α,β-unsaturated/α-hetero) is 1. The zero-order valence-electron chi connectivity index (χ0n) is 17.7. The highest BCUT2D eigenvalue weighted by atomic mass is 16.6. The normalized spacial score (nSPS) is 19.7. The lowest BCUT2D eigenvalue weighted by Crippen LogP contribution is -2.64. The van der Waals surface area contributed by atoms with Gasteiger partial charge in [-0.15, -0.1) is 0 Å². The number of methoxy groups -OCH3 is 1. The van der Waals surface area contributed by atoms with Crippen molar-refractivity contribution in [1.29, 1.82) is 0 Å². The Bertz CT molecular complexity index is 744. The van der Waals surface area contributed by atoms with Crippen molar-refractivity contribution in [3.05, 3.63) is 35.4 Å². The second-order valence-corrected chi connectivity index (χ2v) is 8.21. The van der Waals surface area contributed by atoms with Crippen molar-refractivity contribution in [2.45, 2.75) is 58.5 Å². The van der Waals surface area contributed by atoms with Crippen LogP contribution >= 0.6 is 0 Å². The molecule has 0 saturated carbocycles. The molecule has 1 aromatic carbocycles. The van der Waals surface area contributed by atoms with Crippen molar-refractivity contribution < 1.29 is 23.9 Å². The quantitative estimate of drug-likeness (QED) is 0.716. The molecule has 1 atom stereocenters. The minimum absolute atomic E-state index is 0.0210. The van der Waals surface area contributed by atoms with Crippen LogP contribution in [0.2, 0.25) is 0 Å². The minimum atomic E-state index is -0.548. The van der Waals surface area contributed by atoms with E-state index < -0.39 is 11.5 Å². The molecule has 6 nitrogen and oxygen atoms in total. The predicted molar refractivity (Wildman–Crippen MR) is 106 cm³/mol. The Balaban J connectivity index is 0.00000136. The number of hydrogen-bond donors (Lipinski definition) is 0. The molecule has 0 N–H and O–H groups in total. The number of hydrogen-bond acceptors (Lipinski definition) is 5. The molecule has 1 aliphatic carbocycles. The molecule has 2 aliphatic rings. The second-order valence-electron chi connectivity index (χ2n) is 8.21. The first-order valence-corrected chi connectivity index (χ1v) is 9.84. The number of ether oxygens (including phenoxy) is 2. The SMILES string of the molecule is CC.COC(=O)CC1CC2(CN(C(=O)OC(C)(C)C)C2)c2ccccc2C1=O. The summed E-state index contributed by atoms with van der Waals surface area (Å²) in [4.78, 5) is 38.5. The topological polar surface area (TPSA) is 72.9 Å². The van der Waals surface area contributed by atoms with E-state index in [0.29, 0.717) is 25.1 Å². The number of ketones is 1. The van der Waals surface area contributed by atoms with Crippen LogP contribution in [0, 0.1) is 5.92 Å². The molecule has 3 rings (SSSR count).